The quantitative estimate of drug-likeness (QED) is 0.825. The molecule has 4 nitrogen and oxygen atoms in total. The van der Waals surface area contributed by atoms with Crippen LogP contribution in [0.5, 0.6) is 5.75 Å². The zero-order valence-corrected chi connectivity index (χ0v) is 15.5. The Labute approximate surface area is 153 Å². The number of benzene rings is 2. The molecule has 2 rings (SSSR count). The second-order valence-electron chi connectivity index (χ2n) is 6.07. The van der Waals surface area contributed by atoms with E-state index in [0.29, 0.717) is 11.6 Å². The van der Waals surface area contributed by atoms with E-state index in [2.05, 4.69) is 5.32 Å². The lowest BCUT2D eigenvalue weighted by atomic mass is 10.1. The molecule has 0 fully saturated rings. The molecule has 0 unspecified atom stereocenters. The molecule has 0 spiro atoms. The summed E-state index contributed by atoms with van der Waals surface area (Å²) in [5, 5.41) is 3.51. The Kier molecular flexibility index (Phi) is 7.08. The maximum atomic E-state index is 11.9. The van der Waals surface area contributed by atoms with E-state index >= 15 is 0 Å². The lowest BCUT2D eigenvalue weighted by molar-refractivity contribution is -0.120. The Balaban J connectivity index is 0.00000288. The van der Waals surface area contributed by atoms with Crippen LogP contribution in [-0.2, 0) is 11.4 Å². The van der Waals surface area contributed by atoms with Gasteiger partial charge in [-0.25, -0.2) is 0 Å². The van der Waals surface area contributed by atoms with E-state index in [1.54, 1.807) is 13.8 Å². The molecule has 0 aromatic heterocycles. The molecule has 6 heteroatoms. The van der Waals surface area contributed by atoms with Crippen molar-refractivity contribution in [1.29, 1.82) is 0 Å². The van der Waals surface area contributed by atoms with Crippen molar-refractivity contribution in [3.8, 4) is 5.75 Å². The molecule has 0 aliphatic rings. The van der Waals surface area contributed by atoms with Crippen molar-refractivity contribution in [2.75, 3.05) is 5.32 Å². The summed E-state index contributed by atoms with van der Waals surface area (Å²) in [7, 11) is 0. The fraction of sp³-hybridized carbons (Fsp3) is 0.278. The highest BCUT2D eigenvalue weighted by Crippen LogP contribution is 2.23. The molecule has 24 heavy (non-hydrogen) atoms. The number of ether oxygens (including phenoxy) is 1. The third-order valence-electron chi connectivity index (χ3n) is 3.33. The molecule has 1 amide bonds. The van der Waals surface area contributed by atoms with Crippen molar-refractivity contribution >= 4 is 35.6 Å². The summed E-state index contributed by atoms with van der Waals surface area (Å²) in [4.78, 5) is 11.9. The van der Waals surface area contributed by atoms with Gasteiger partial charge in [0.2, 0.25) is 5.91 Å². The van der Waals surface area contributed by atoms with Crippen LogP contribution in [0, 0.1) is 6.92 Å². The van der Waals surface area contributed by atoms with Crippen LogP contribution in [0.25, 0.3) is 0 Å². The highest BCUT2D eigenvalue weighted by atomic mass is 35.5. The summed E-state index contributed by atoms with van der Waals surface area (Å²) in [6, 6.07) is 13.0. The monoisotopic (exact) mass is 368 g/mol. The van der Waals surface area contributed by atoms with E-state index in [4.69, 9.17) is 22.1 Å². The van der Waals surface area contributed by atoms with Crippen LogP contribution < -0.4 is 15.8 Å². The van der Waals surface area contributed by atoms with E-state index in [-0.39, 0.29) is 18.3 Å². The minimum atomic E-state index is -0.922. The smallest absolute Gasteiger partial charge is 0.243 e. The van der Waals surface area contributed by atoms with Crippen LogP contribution in [0.1, 0.15) is 25.0 Å². The molecule has 130 valence electrons. The molecule has 0 atom stereocenters. The number of carbonyl (C=O) groups is 1. The molecule has 0 bridgehead atoms. The van der Waals surface area contributed by atoms with Crippen LogP contribution in [0.4, 0.5) is 5.69 Å². The Morgan fingerprint density at radius 1 is 1.25 bits per heavy atom. The number of hydrogen-bond donors (Lipinski definition) is 2. The van der Waals surface area contributed by atoms with E-state index in [9.17, 15) is 4.79 Å². The maximum absolute atomic E-state index is 11.9. The van der Waals surface area contributed by atoms with Crippen molar-refractivity contribution in [2.24, 2.45) is 5.73 Å². The van der Waals surface area contributed by atoms with E-state index in [0.717, 1.165) is 22.6 Å². The first-order valence-corrected chi connectivity index (χ1v) is 7.72. The summed E-state index contributed by atoms with van der Waals surface area (Å²) in [6.45, 7) is 5.67. The molecular weight excluding hydrogens is 347 g/mol. The van der Waals surface area contributed by atoms with Gasteiger partial charge in [0.25, 0.3) is 0 Å². The third kappa shape index (κ3) is 5.71. The van der Waals surface area contributed by atoms with Gasteiger partial charge in [-0.05, 0) is 62.2 Å². The highest BCUT2D eigenvalue weighted by Gasteiger charge is 2.22. The molecule has 0 radical (unpaired) electrons. The first kappa shape index (κ1) is 20.3. The summed E-state index contributed by atoms with van der Waals surface area (Å²) in [5.41, 5.74) is 7.49. The Morgan fingerprint density at radius 3 is 2.54 bits per heavy atom. The van der Waals surface area contributed by atoms with Crippen molar-refractivity contribution in [2.45, 2.75) is 32.9 Å². The molecule has 0 saturated carbocycles. The van der Waals surface area contributed by atoms with Gasteiger partial charge in [0.15, 0.2) is 0 Å². The normalized spacial score (nSPS) is 10.7. The lowest BCUT2D eigenvalue weighted by Gasteiger charge is -2.19. The molecule has 0 heterocycles. The predicted octanol–water partition coefficient (Wildman–Crippen LogP) is 4.33. The number of hydrogen-bond acceptors (Lipinski definition) is 3. The van der Waals surface area contributed by atoms with Crippen LogP contribution in [0.15, 0.2) is 42.5 Å². The van der Waals surface area contributed by atoms with E-state index < -0.39 is 5.54 Å². The van der Waals surface area contributed by atoms with Crippen LogP contribution in [0.2, 0.25) is 5.02 Å². The second-order valence-corrected chi connectivity index (χ2v) is 6.51. The van der Waals surface area contributed by atoms with Gasteiger partial charge in [0.1, 0.15) is 12.4 Å². The largest absolute Gasteiger partial charge is 0.489 e. The molecule has 2 aromatic carbocycles. The standard InChI is InChI=1S/C18H21ClN2O2.ClH/c1-12-9-15(23-11-13-5-4-6-14(19)10-13)7-8-16(12)21-17(22)18(2,3)20;/h4-10H,11,20H2,1-3H3,(H,21,22);1H. The molecule has 0 saturated heterocycles. The summed E-state index contributed by atoms with van der Waals surface area (Å²) in [5.74, 6) is 0.501. The first-order chi connectivity index (χ1) is 10.8. The Bertz CT molecular complexity index is 712. The fourth-order valence-electron chi connectivity index (χ4n) is 1.94. The van der Waals surface area contributed by atoms with Crippen molar-refractivity contribution < 1.29 is 9.53 Å². The number of nitrogens with two attached hydrogens (primary N) is 1. The topological polar surface area (TPSA) is 64.3 Å². The van der Waals surface area contributed by atoms with Crippen LogP contribution in [-0.4, -0.2) is 11.4 Å². The average Bonchev–Trinajstić information content (AvgIpc) is 2.46. The molecule has 3 N–H and O–H groups in total. The Morgan fingerprint density at radius 2 is 1.96 bits per heavy atom. The van der Waals surface area contributed by atoms with Crippen LogP contribution in [0.3, 0.4) is 0 Å². The maximum Gasteiger partial charge on any atom is 0.243 e. The van der Waals surface area contributed by atoms with Gasteiger partial charge in [-0.1, -0.05) is 23.7 Å². The number of anilines is 1. The molecule has 0 aliphatic carbocycles. The zero-order valence-electron chi connectivity index (χ0n) is 13.9. The second kappa shape index (κ2) is 8.38. The number of carbonyl (C=O) groups excluding carboxylic acids is 1. The van der Waals surface area contributed by atoms with Gasteiger partial charge < -0.3 is 15.8 Å². The van der Waals surface area contributed by atoms with Gasteiger partial charge in [0, 0.05) is 10.7 Å². The van der Waals surface area contributed by atoms with Gasteiger partial charge in [0.05, 0.1) is 5.54 Å². The minimum absolute atomic E-state index is 0. The Hall–Kier alpha value is -1.75. The van der Waals surface area contributed by atoms with E-state index in [1.807, 2.05) is 49.4 Å². The number of nitrogens with one attached hydrogen (secondary N) is 1. The number of halogens is 2. The molecule has 0 aliphatic heterocycles. The number of aryl methyl sites for hydroxylation is 1. The van der Waals surface area contributed by atoms with Gasteiger partial charge in [-0.3, -0.25) is 4.79 Å². The minimum Gasteiger partial charge on any atom is -0.489 e. The summed E-state index contributed by atoms with van der Waals surface area (Å²) < 4.78 is 5.76. The summed E-state index contributed by atoms with van der Waals surface area (Å²) in [6.07, 6.45) is 0. The van der Waals surface area contributed by atoms with Crippen molar-refractivity contribution in [3.63, 3.8) is 0 Å². The predicted molar refractivity (Wildman–Crippen MR) is 101 cm³/mol. The van der Waals surface area contributed by atoms with Crippen molar-refractivity contribution in [3.05, 3.63) is 58.6 Å². The molecule has 2 aromatic rings. The highest BCUT2D eigenvalue weighted by molar-refractivity contribution is 6.30. The van der Waals surface area contributed by atoms with Crippen LogP contribution >= 0.6 is 24.0 Å². The van der Waals surface area contributed by atoms with Gasteiger partial charge in [-0.15, -0.1) is 12.4 Å². The summed E-state index contributed by atoms with van der Waals surface area (Å²) >= 11 is 5.95. The lowest BCUT2D eigenvalue weighted by Crippen LogP contribution is -2.45. The fourth-order valence-corrected chi connectivity index (χ4v) is 2.16. The number of amides is 1. The number of rotatable bonds is 5. The van der Waals surface area contributed by atoms with Gasteiger partial charge in [-0.2, -0.15) is 0 Å². The van der Waals surface area contributed by atoms with Crippen molar-refractivity contribution in [1.82, 2.24) is 0 Å². The average molecular weight is 369 g/mol. The third-order valence-corrected chi connectivity index (χ3v) is 3.56. The zero-order chi connectivity index (χ0) is 17.0. The SMILES string of the molecule is Cc1cc(OCc2cccc(Cl)c2)ccc1NC(=O)C(C)(C)N.Cl. The first-order valence-electron chi connectivity index (χ1n) is 7.34. The van der Waals surface area contributed by atoms with Gasteiger partial charge >= 0.3 is 0 Å². The molecular formula is C18H22Cl2N2O2. The van der Waals surface area contributed by atoms with E-state index in [1.165, 1.54) is 0 Å².